The normalized spacial score (nSPS) is 33.7. The summed E-state index contributed by atoms with van der Waals surface area (Å²) in [5, 5.41) is 42.1. The molecule has 0 aromatic heterocycles. The van der Waals surface area contributed by atoms with Gasteiger partial charge in [-0.05, 0) is 27.2 Å². The van der Waals surface area contributed by atoms with Gasteiger partial charge >= 0.3 is 5.97 Å². The Morgan fingerprint density at radius 2 is 1.40 bits per heavy atom. The zero-order valence-electron chi connectivity index (χ0n) is 17.8. The zero-order chi connectivity index (χ0) is 23.3. The Morgan fingerprint density at radius 1 is 0.867 bits per heavy atom. The molecule has 1 aliphatic heterocycles. The van der Waals surface area contributed by atoms with Gasteiger partial charge in [-0.2, -0.15) is 0 Å². The molecule has 0 aliphatic carbocycles. The first-order valence-corrected chi connectivity index (χ1v) is 10.0. The van der Waals surface area contributed by atoms with E-state index >= 15 is 0 Å². The van der Waals surface area contributed by atoms with Crippen LogP contribution in [0, 0.1) is 0 Å². The molecule has 10 heteroatoms. The van der Waals surface area contributed by atoms with E-state index in [0.717, 1.165) is 46.0 Å². The molecule has 0 amide bonds. The summed E-state index contributed by atoms with van der Waals surface area (Å²) in [5.74, 6) is -5.60. The molecule has 0 radical (unpaired) electrons. The molecule has 5 atom stereocenters. The number of hydrogen-bond donors (Lipinski definition) is 4. The van der Waals surface area contributed by atoms with Crippen LogP contribution in [0.2, 0.25) is 0 Å². The molecule has 0 unspecified atom stereocenters. The molecule has 1 heterocycles. The Hall–Kier alpha value is -1.72. The summed E-state index contributed by atoms with van der Waals surface area (Å²) in [6.45, 7) is 4.08. The minimum absolute atomic E-state index is 0.186. The van der Waals surface area contributed by atoms with Crippen LogP contribution in [0.3, 0.4) is 0 Å². The zero-order valence-corrected chi connectivity index (χ0v) is 17.8. The second-order valence-corrected chi connectivity index (χ2v) is 7.68. The number of ether oxygens (including phenoxy) is 2. The van der Waals surface area contributed by atoms with Crippen LogP contribution in [0.25, 0.3) is 0 Å². The van der Waals surface area contributed by atoms with Gasteiger partial charge in [0.15, 0.2) is 29.2 Å². The molecular weight excluding hydrogens is 400 g/mol. The first-order valence-electron chi connectivity index (χ1n) is 10.0. The van der Waals surface area contributed by atoms with Crippen LogP contribution in [-0.4, -0.2) is 79.5 Å². The van der Waals surface area contributed by atoms with E-state index in [1.54, 1.807) is 0 Å². The van der Waals surface area contributed by atoms with Crippen LogP contribution in [0.1, 0.15) is 66.2 Å². The Bertz CT molecular complexity index is 676. The first kappa shape index (κ1) is 26.3. The average molecular weight is 432 g/mol. The predicted molar refractivity (Wildman–Crippen MR) is 102 cm³/mol. The van der Waals surface area contributed by atoms with Crippen LogP contribution in [0.4, 0.5) is 0 Å². The molecule has 0 bridgehead atoms. The van der Waals surface area contributed by atoms with Crippen LogP contribution in [0.15, 0.2) is 0 Å². The number of hydrogen-bond acceptors (Lipinski definition) is 10. The summed E-state index contributed by atoms with van der Waals surface area (Å²) in [4.78, 5) is 49.9. The highest BCUT2D eigenvalue weighted by Crippen LogP contribution is 2.46. The van der Waals surface area contributed by atoms with Crippen molar-refractivity contribution < 1.29 is 49.1 Å². The Labute approximate surface area is 175 Å². The number of unbranched alkanes of at least 4 members (excludes halogenated alkanes) is 5. The minimum atomic E-state index is -3.53. The third-order valence-corrected chi connectivity index (χ3v) is 5.62. The van der Waals surface area contributed by atoms with Gasteiger partial charge in [-0.15, -0.1) is 0 Å². The van der Waals surface area contributed by atoms with Crippen molar-refractivity contribution in [1.82, 2.24) is 0 Å². The number of ketones is 3. The van der Waals surface area contributed by atoms with Crippen molar-refractivity contribution >= 4 is 23.3 Å². The largest absolute Gasteiger partial charge is 0.463 e. The number of rotatable bonds is 11. The molecule has 0 aromatic rings. The molecule has 172 valence electrons. The molecule has 1 fully saturated rings. The second kappa shape index (κ2) is 10.1. The van der Waals surface area contributed by atoms with Crippen molar-refractivity contribution in [2.24, 2.45) is 0 Å². The van der Waals surface area contributed by atoms with Gasteiger partial charge in [0.2, 0.25) is 5.60 Å². The van der Waals surface area contributed by atoms with E-state index in [1.165, 1.54) is 0 Å². The van der Waals surface area contributed by atoms with Gasteiger partial charge in [0.05, 0.1) is 6.61 Å². The highest BCUT2D eigenvalue weighted by molar-refractivity contribution is 6.16. The van der Waals surface area contributed by atoms with Gasteiger partial charge in [-0.25, -0.2) is 4.79 Å². The lowest BCUT2D eigenvalue weighted by atomic mass is 9.61. The van der Waals surface area contributed by atoms with Gasteiger partial charge in [0.1, 0.15) is 6.10 Å². The molecule has 0 saturated carbocycles. The third kappa shape index (κ3) is 4.06. The maximum absolute atomic E-state index is 12.9. The number of esters is 1. The molecule has 0 aromatic carbocycles. The van der Waals surface area contributed by atoms with Crippen LogP contribution < -0.4 is 0 Å². The van der Waals surface area contributed by atoms with Gasteiger partial charge < -0.3 is 29.9 Å². The van der Waals surface area contributed by atoms with Gasteiger partial charge in [-0.1, -0.05) is 39.0 Å². The van der Waals surface area contributed by atoms with Crippen molar-refractivity contribution in [2.75, 3.05) is 6.61 Å². The number of aliphatic hydroxyl groups excluding tert-OH is 2. The van der Waals surface area contributed by atoms with Crippen molar-refractivity contribution in [3.05, 3.63) is 0 Å². The number of carbonyl (C=O) groups excluding carboxylic acids is 4. The highest BCUT2D eigenvalue weighted by atomic mass is 16.7. The SMILES string of the molecule is CCCCCCCCOC(=O)[C@@]1(C(C)=O)O[C@@H](O)[C@H](O)[C@](O)(C(C)=O)[C@@]1(O)C(C)=O. The molecular formula is C20H32O10. The fourth-order valence-corrected chi connectivity index (χ4v) is 3.83. The smallest absolute Gasteiger partial charge is 0.350 e. The summed E-state index contributed by atoms with van der Waals surface area (Å²) in [7, 11) is 0. The Balaban J connectivity index is 3.29. The molecule has 10 nitrogen and oxygen atoms in total. The van der Waals surface area contributed by atoms with E-state index in [4.69, 9.17) is 9.47 Å². The Morgan fingerprint density at radius 3 is 1.87 bits per heavy atom. The number of aliphatic hydroxyl groups is 4. The highest BCUT2D eigenvalue weighted by Gasteiger charge is 2.81. The van der Waals surface area contributed by atoms with E-state index in [9.17, 15) is 39.6 Å². The van der Waals surface area contributed by atoms with Crippen molar-refractivity contribution in [3.63, 3.8) is 0 Å². The van der Waals surface area contributed by atoms with E-state index in [2.05, 4.69) is 6.92 Å². The molecule has 30 heavy (non-hydrogen) atoms. The van der Waals surface area contributed by atoms with Gasteiger partial charge in [0.25, 0.3) is 5.60 Å². The maximum Gasteiger partial charge on any atom is 0.350 e. The summed E-state index contributed by atoms with van der Waals surface area (Å²) >= 11 is 0. The molecule has 4 N–H and O–H groups in total. The summed E-state index contributed by atoms with van der Waals surface area (Å²) in [5.41, 5.74) is -10.2. The summed E-state index contributed by atoms with van der Waals surface area (Å²) < 4.78 is 9.98. The number of Topliss-reactive ketones (excluding diaryl/α,β-unsaturated/α-hetero) is 3. The minimum Gasteiger partial charge on any atom is -0.463 e. The standard InChI is InChI=1S/C20H32O10/c1-5-6-7-8-9-10-11-29-17(26)19(13(3)22)20(28,14(4)23)18(27,12(2)21)15(24)16(25)30-19/h15-16,24-25,27-28H,5-11H2,1-4H3/t15-,16+,18+,19+,20-/m0/s1. The van der Waals surface area contributed by atoms with E-state index < -0.39 is 52.5 Å². The lowest BCUT2D eigenvalue weighted by Gasteiger charge is -2.55. The number of carbonyl (C=O) groups is 4. The fraction of sp³-hybridized carbons (Fsp3) is 0.800. The van der Waals surface area contributed by atoms with Crippen molar-refractivity contribution in [1.29, 1.82) is 0 Å². The summed E-state index contributed by atoms with van der Waals surface area (Å²) in [6, 6.07) is 0. The first-order chi connectivity index (χ1) is 13.9. The van der Waals surface area contributed by atoms with Crippen LogP contribution >= 0.6 is 0 Å². The third-order valence-electron chi connectivity index (χ3n) is 5.62. The van der Waals surface area contributed by atoms with E-state index in [0.29, 0.717) is 13.3 Å². The maximum atomic E-state index is 12.9. The second-order valence-electron chi connectivity index (χ2n) is 7.68. The monoisotopic (exact) mass is 432 g/mol. The van der Waals surface area contributed by atoms with Crippen LogP contribution in [0.5, 0.6) is 0 Å². The van der Waals surface area contributed by atoms with Crippen molar-refractivity contribution in [2.45, 2.75) is 95.4 Å². The molecule has 1 rings (SSSR count). The van der Waals surface area contributed by atoms with Gasteiger partial charge in [0, 0.05) is 0 Å². The quantitative estimate of drug-likeness (QED) is 0.191. The van der Waals surface area contributed by atoms with Crippen molar-refractivity contribution in [3.8, 4) is 0 Å². The molecule has 1 saturated heterocycles. The lowest BCUT2D eigenvalue weighted by molar-refractivity contribution is -0.348. The summed E-state index contributed by atoms with van der Waals surface area (Å²) in [6.07, 6.45) is 0.213. The van der Waals surface area contributed by atoms with E-state index in [-0.39, 0.29) is 6.61 Å². The lowest BCUT2D eigenvalue weighted by Crippen LogP contribution is -2.86. The molecule has 1 aliphatic rings. The topological polar surface area (TPSA) is 168 Å². The van der Waals surface area contributed by atoms with Gasteiger partial charge in [-0.3, -0.25) is 14.4 Å². The van der Waals surface area contributed by atoms with Crippen LogP contribution in [-0.2, 0) is 28.7 Å². The molecule has 0 spiro atoms. The predicted octanol–water partition coefficient (Wildman–Crippen LogP) is -0.432. The average Bonchev–Trinajstić information content (AvgIpc) is 2.67. The van der Waals surface area contributed by atoms with E-state index in [1.807, 2.05) is 0 Å². The Kier molecular flexibility index (Phi) is 8.82. The fourth-order valence-electron chi connectivity index (χ4n) is 3.83.